The summed E-state index contributed by atoms with van der Waals surface area (Å²) in [5.41, 5.74) is 2.32. The number of alkyl halides is 1. The lowest BCUT2D eigenvalue weighted by Gasteiger charge is -2.18. The van der Waals surface area contributed by atoms with Gasteiger partial charge in [0.05, 0.1) is 16.3 Å². The zero-order valence-corrected chi connectivity index (χ0v) is 15.9. The Kier molecular flexibility index (Phi) is 4.28. The standard InChI is InChI=1S/C18H21BrN2O3/c1-10-20-15-8-12-11(5-6-14(12)19)7-13(15)16(22)21(10)9-24-17(23)18(2,3)4/h7-8,14H,5-6,9H2,1-4H3. The van der Waals surface area contributed by atoms with Gasteiger partial charge in [-0.05, 0) is 63.8 Å². The van der Waals surface area contributed by atoms with E-state index in [4.69, 9.17) is 4.74 Å². The van der Waals surface area contributed by atoms with Crippen LogP contribution in [0.2, 0.25) is 0 Å². The normalized spacial score (nSPS) is 17.1. The van der Waals surface area contributed by atoms with Gasteiger partial charge in [0.1, 0.15) is 5.82 Å². The predicted octanol–water partition coefficient (Wildman–Crippen LogP) is 3.63. The lowest BCUT2D eigenvalue weighted by molar-refractivity contribution is -0.157. The first-order valence-electron chi connectivity index (χ1n) is 8.04. The highest BCUT2D eigenvalue weighted by atomic mass is 79.9. The Morgan fingerprint density at radius 2 is 2.12 bits per heavy atom. The Bertz CT molecular complexity index is 880. The van der Waals surface area contributed by atoms with Crippen LogP contribution in [0.1, 0.15) is 49.0 Å². The van der Waals surface area contributed by atoms with Crippen LogP contribution >= 0.6 is 15.9 Å². The number of benzene rings is 1. The second-order valence-electron chi connectivity index (χ2n) is 7.28. The molecule has 1 aromatic carbocycles. The van der Waals surface area contributed by atoms with Crippen molar-refractivity contribution in [3.63, 3.8) is 0 Å². The van der Waals surface area contributed by atoms with Crippen LogP contribution in [0.4, 0.5) is 0 Å². The summed E-state index contributed by atoms with van der Waals surface area (Å²) in [5, 5.41) is 0.577. The molecule has 0 N–H and O–H groups in total. The molecule has 1 aliphatic carbocycles. The summed E-state index contributed by atoms with van der Waals surface area (Å²) in [6.07, 6.45) is 1.98. The van der Waals surface area contributed by atoms with E-state index in [2.05, 4.69) is 20.9 Å². The molecule has 1 aromatic heterocycles. The van der Waals surface area contributed by atoms with Gasteiger partial charge in [-0.25, -0.2) is 4.98 Å². The topological polar surface area (TPSA) is 61.2 Å². The van der Waals surface area contributed by atoms with Gasteiger partial charge in [-0.2, -0.15) is 0 Å². The molecule has 1 unspecified atom stereocenters. The molecule has 1 aliphatic rings. The zero-order chi connectivity index (χ0) is 17.6. The van der Waals surface area contributed by atoms with Crippen molar-refractivity contribution in [1.29, 1.82) is 0 Å². The highest BCUT2D eigenvalue weighted by molar-refractivity contribution is 9.09. The molecule has 24 heavy (non-hydrogen) atoms. The molecular weight excluding hydrogens is 372 g/mol. The Hall–Kier alpha value is -1.69. The number of hydrogen-bond donors (Lipinski definition) is 0. The monoisotopic (exact) mass is 392 g/mol. The van der Waals surface area contributed by atoms with Gasteiger partial charge >= 0.3 is 5.97 Å². The maximum absolute atomic E-state index is 12.8. The van der Waals surface area contributed by atoms with E-state index < -0.39 is 5.41 Å². The van der Waals surface area contributed by atoms with Gasteiger partial charge in [0.25, 0.3) is 5.56 Å². The van der Waals surface area contributed by atoms with E-state index in [0.717, 1.165) is 12.8 Å². The third-order valence-corrected chi connectivity index (χ3v) is 5.30. The first-order chi connectivity index (χ1) is 11.2. The molecule has 0 saturated carbocycles. The van der Waals surface area contributed by atoms with E-state index in [0.29, 0.717) is 21.6 Å². The molecular formula is C18H21BrN2O3. The third kappa shape index (κ3) is 2.99. The van der Waals surface area contributed by atoms with E-state index in [1.165, 1.54) is 15.7 Å². The number of carbonyl (C=O) groups excluding carboxylic acids is 1. The van der Waals surface area contributed by atoms with Crippen LogP contribution in [-0.4, -0.2) is 15.5 Å². The summed E-state index contributed by atoms with van der Waals surface area (Å²) in [7, 11) is 0. The summed E-state index contributed by atoms with van der Waals surface area (Å²) in [4.78, 5) is 29.6. The van der Waals surface area contributed by atoms with Gasteiger partial charge in [-0.3, -0.25) is 14.2 Å². The minimum absolute atomic E-state index is 0.109. The predicted molar refractivity (Wildman–Crippen MR) is 96.3 cm³/mol. The van der Waals surface area contributed by atoms with Crippen LogP contribution in [-0.2, 0) is 22.7 Å². The van der Waals surface area contributed by atoms with Crippen molar-refractivity contribution in [3.8, 4) is 0 Å². The van der Waals surface area contributed by atoms with Crippen molar-refractivity contribution in [3.05, 3.63) is 39.4 Å². The minimum atomic E-state index is -0.604. The molecule has 0 bridgehead atoms. The van der Waals surface area contributed by atoms with Crippen molar-refractivity contribution < 1.29 is 9.53 Å². The molecule has 1 heterocycles. The van der Waals surface area contributed by atoms with Crippen LogP contribution in [0.25, 0.3) is 10.9 Å². The largest absolute Gasteiger partial charge is 0.443 e. The molecule has 0 radical (unpaired) electrons. The highest BCUT2D eigenvalue weighted by Gasteiger charge is 2.24. The molecule has 128 valence electrons. The van der Waals surface area contributed by atoms with E-state index in [1.807, 2.05) is 12.1 Å². The minimum Gasteiger partial charge on any atom is -0.443 e. The molecule has 0 saturated heterocycles. The molecule has 0 amide bonds. The van der Waals surface area contributed by atoms with Crippen LogP contribution in [0.15, 0.2) is 16.9 Å². The molecule has 5 nitrogen and oxygen atoms in total. The fourth-order valence-corrected chi connectivity index (χ4v) is 3.53. The average Bonchev–Trinajstić information content (AvgIpc) is 2.85. The van der Waals surface area contributed by atoms with Gasteiger partial charge < -0.3 is 4.74 Å². The highest BCUT2D eigenvalue weighted by Crippen LogP contribution is 2.38. The number of hydrogen-bond acceptors (Lipinski definition) is 4. The van der Waals surface area contributed by atoms with Gasteiger partial charge in [0, 0.05) is 4.83 Å². The lowest BCUT2D eigenvalue weighted by atomic mass is 9.98. The quantitative estimate of drug-likeness (QED) is 0.578. The fourth-order valence-electron chi connectivity index (χ4n) is 2.88. The van der Waals surface area contributed by atoms with Crippen LogP contribution in [0.3, 0.4) is 0 Å². The average molecular weight is 393 g/mol. The molecule has 0 spiro atoms. The van der Waals surface area contributed by atoms with Crippen molar-refractivity contribution in [2.45, 2.75) is 52.1 Å². The SMILES string of the molecule is Cc1nc2cc3c(cc2c(=O)n1COC(=O)C(C)(C)C)CCC3Br. The first kappa shape index (κ1) is 17.1. The van der Waals surface area contributed by atoms with E-state index in [-0.39, 0.29) is 18.3 Å². The number of ether oxygens (including phenoxy) is 1. The fraction of sp³-hybridized carbons (Fsp3) is 0.500. The summed E-state index contributed by atoms with van der Waals surface area (Å²) < 4.78 is 6.70. The van der Waals surface area contributed by atoms with Gasteiger partial charge in [-0.1, -0.05) is 15.9 Å². The van der Waals surface area contributed by atoms with Crippen molar-refractivity contribution in [2.24, 2.45) is 5.41 Å². The number of rotatable bonds is 2. The Balaban J connectivity index is 2.01. The number of esters is 1. The third-order valence-electron chi connectivity index (χ3n) is 4.35. The van der Waals surface area contributed by atoms with Crippen molar-refractivity contribution in [1.82, 2.24) is 9.55 Å². The number of aryl methyl sites for hydroxylation is 2. The van der Waals surface area contributed by atoms with Gasteiger partial charge in [-0.15, -0.1) is 0 Å². The zero-order valence-electron chi connectivity index (χ0n) is 14.4. The van der Waals surface area contributed by atoms with Crippen LogP contribution in [0.5, 0.6) is 0 Å². The summed E-state index contributed by atoms with van der Waals surface area (Å²) in [6, 6.07) is 3.93. The van der Waals surface area contributed by atoms with Gasteiger partial charge in [0.2, 0.25) is 0 Å². The lowest BCUT2D eigenvalue weighted by Crippen LogP contribution is -2.30. The molecule has 6 heteroatoms. The molecule has 3 rings (SSSR count). The van der Waals surface area contributed by atoms with Crippen molar-refractivity contribution >= 4 is 32.8 Å². The maximum atomic E-state index is 12.8. The maximum Gasteiger partial charge on any atom is 0.312 e. The Morgan fingerprint density at radius 1 is 1.42 bits per heavy atom. The van der Waals surface area contributed by atoms with E-state index >= 15 is 0 Å². The molecule has 0 fully saturated rings. The number of fused-ring (bicyclic) bond motifs is 2. The number of carbonyl (C=O) groups is 1. The smallest absolute Gasteiger partial charge is 0.312 e. The van der Waals surface area contributed by atoms with E-state index in [9.17, 15) is 9.59 Å². The number of aromatic nitrogens is 2. The van der Waals surface area contributed by atoms with E-state index in [1.54, 1.807) is 27.7 Å². The number of halogens is 1. The van der Waals surface area contributed by atoms with Crippen LogP contribution in [0, 0.1) is 12.3 Å². The summed E-state index contributed by atoms with van der Waals surface area (Å²) >= 11 is 3.66. The molecule has 1 atom stereocenters. The number of nitrogens with zero attached hydrogens (tertiary/aromatic N) is 2. The Morgan fingerprint density at radius 3 is 2.79 bits per heavy atom. The molecule has 2 aromatic rings. The summed E-state index contributed by atoms with van der Waals surface area (Å²) in [5.74, 6) is 0.197. The second-order valence-corrected chi connectivity index (χ2v) is 8.38. The second kappa shape index (κ2) is 5.99. The van der Waals surface area contributed by atoms with Crippen molar-refractivity contribution in [2.75, 3.05) is 0 Å². The van der Waals surface area contributed by atoms with Gasteiger partial charge in [0.15, 0.2) is 6.73 Å². The first-order valence-corrected chi connectivity index (χ1v) is 8.95. The summed E-state index contributed by atoms with van der Waals surface area (Å²) in [6.45, 7) is 6.99. The molecule has 0 aliphatic heterocycles. The van der Waals surface area contributed by atoms with Crippen LogP contribution < -0.4 is 5.56 Å². The Labute approximate surface area is 149 Å².